The lowest BCUT2D eigenvalue weighted by Crippen LogP contribution is -2.36. The van der Waals surface area contributed by atoms with Gasteiger partial charge < -0.3 is 10.0 Å². The average Bonchev–Trinajstić information content (AvgIpc) is 2.72. The molecule has 4 heteroatoms. The van der Waals surface area contributed by atoms with Gasteiger partial charge in [-0.25, -0.2) is 9.97 Å². The van der Waals surface area contributed by atoms with Crippen LogP contribution in [0.2, 0.25) is 0 Å². The van der Waals surface area contributed by atoms with Crippen LogP contribution in [-0.2, 0) is 12.8 Å². The normalized spacial score (nSPS) is 21.0. The van der Waals surface area contributed by atoms with Crippen molar-refractivity contribution >= 4 is 5.82 Å². The van der Waals surface area contributed by atoms with E-state index in [2.05, 4.69) is 14.9 Å². The van der Waals surface area contributed by atoms with Crippen LogP contribution in [0.1, 0.15) is 43.4 Å². The van der Waals surface area contributed by atoms with E-state index in [9.17, 15) is 5.11 Å². The molecule has 19 heavy (non-hydrogen) atoms. The van der Waals surface area contributed by atoms with Gasteiger partial charge in [0, 0.05) is 31.0 Å². The summed E-state index contributed by atoms with van der Waals surface area (Å²) in [5.41, 5.74) is 2.66. The molecule has 0 aromatic carbocycles. The first kappa shape index (κ1) is 12.9. The molecule has 0 saturated carbocycles. The van der Waals surface area contributed by atoms with Gasteiger partial charge in [0.2, 0.25) is 0 Å². The number of anilines is 1. The van der Waals surface area contributed by atoms with Gasteiger partial charge in [-0.05, 0) is 44.4 Å². The zero-order valence-corrected chi connectivity index (χ0v) is 11.5. The highest BCUT2D eigenvalue weighted by atomic mass is 16.3. The molecule has 0 spiro atoms. The van der Waals surface area contributed by atoms with Gasteiger partial charge in [0.1, 0.15) is 12.1 Å². The predicted octanol–water partition coefficient (Wildman–Crippen LogP) is 1.95. The number of fused-ring (bicyclic) bond motifs is 1. The van der Waals surface area contributed by atoms with Crippen molar-refractivity contribution in [1.29, 1.82) is 0 Å². The maximum atomic E-state index is 9.23. The molecule has 1 aromatic heterocycles. The molecule has 1 aromatic rings. The van der Waals surface area contributed by atoms with Crippen molar-refractivity contribution in [3.63, 3.8) is 0 Å². The van der Waals surface area contributed by atoms with E-state index in [0.717, 1.165) is 38.8 Å². The number of aromatic nitrogens is 2. The van der Waals surface area contributed by atoms with Crippen LogP contribution in [0.4, 0.5) is 5.82 Å². The topological polar surface area (TPSA) is 49.2 Å². The number of aliphatic hydroxyl groups is 1. The summed E-state index contributed by atoms with van der Waals surface area (Å²) in [5.74, 6) is 1.65. The third-order valence-electron chi connectivity index (χ3n) is 4.52. The lowest BCUT2D eigenvalue weighted by molar-refractivity contribution is 0.202. The van der Waals surface area contributed by atoms with E-state index in [0.29, 0.717) is 12.5 Å². The Morgan fingerprint density at radius 3 is 2.68 bits per heavy atom. The molecular weight excluding hydrogens is 238 g/mol. The van der Waals surface area contributed by atoms with Crippen molar-refractivity contribution in [3.05, 3.63) is 17.6 Å². The van der Waals surface area contributed by atoms with E-state index in [1.54, 1.807) is 6.33 Å². The smallest absolute Gasteiger partial charge is 0.135 e. The van der Waals surface area contributed by atoms with E-state index in [-0.39, 0.29) is 0 Å². The van der Waals surface area contributed by atoms with Crippen LogP contribution in [0.3, 0.4) is 0 Å². The number of hydrogen-bond donors (Lipinski definition) is 1. The summed E-state index contributed by atoms with van der Waals surface area (Å²) in [6, 6.07) is 0. The summed E-state index contributed by atoms with van der Waals surface area (Å²) in [6.45, 7) is 2.37. The van der Waals surface area contributed by atoms with Crippen molar-refractivity contribution in [2.75, 3.05) is 24.6 Å². The van der Waals surface area contributed by atoms with Crippen molar-refractivity contribution in [2.45, 2.75) is 44.9 Å². The number of hydrogen-bond acceptors (Lipinski definition) is 4. The molecule has 0 unspecified atom stereocenters. The minimum absolute atomic E-state index is 0.329. The molecule has 1 aliphatic carbocycles. The van der Waals surface area contributed by atoms with Crippen LogP contribution in [0.25, 0.3) is 0 Å². The summed E-state index contributed by atoms with van der Waals surface area (Å²) in [7, 11) is 0. The van der Waals surface area contributed by atoms with Gasteiger partial charge in [0.15, 0.2) is 0 Å². The van der Waals surface area contributed by atoms with Gasteiger partial charge in [-0.15, -0.1) is 0 Å². The first-order valence-electron chi connectivity index (χ1n) is 7.57. The highest BCUT2D eigenvalue weighted by Crippen LogP contribution is 2.29. The Hall–Kier alpha value is -1.16. The summed E-state index contributed by atoms with van der Waals surface area (Å²) in [6.07, 6.45) is 9.96. The summed E-state index contributed by atoms with van der Waals surface area (Å²) < 4.78 is 0. The zero-order chi connectivity index (χ0) is 13.1. The number of aryl methyl sites for hydroxylation is 1. The first-order valence-corrected chi connectivity index (χ1v) is 7.57. The number of nitrogens with zero attached hydrogens (tertiary/aromatic N) is 3. The lowest BCUT2D eigenvalue weighted by atomic mass is 9.97. The average molecular weight is 261 g/mol. The molecule has 1 fully saturated rings. The zero-order valence-electron chi connectivity index (χ0n) is 11.5. The Morgan fingerprint density at radius 1 is 1.11 bits per heavy atom. The Morgan fingerprint density at radius 2 is 1.89 bits per heavy atom. The van der Waals surface area contributed by atoms with Gasteiger partial charge in [0.05, 0.1) is 0 Å². The number of rotatable bonds is 2. The third-order valence-corrected chi connectivity index (χ3v) is 4.52. The molecule has 1 aliphatic heterocycles. The molecule has 3 rings (SSSR count). The standard InChI is InChI=1S/C15H23N3O/c19-10-12-6-8-18(9-7-12)15-13-4-2-1-3-5-14(13)16-11-17-15/h11-12,19H,1-10H2. The Balaban J connectivity index is 1.81. The van der Waals surface area contributed by atoms with Crippen molar-refractivity contribution in [2.24, 2.45) is 5.92 Å². The van der Waals surface area contributed by atoms with Crippen LogP contribution < -0.4 is 4.90 Å². The van der Waals surface area contributed by atoms with Crippen molar-refractivity contribution in [1.82, 2.24) is 9.97 Å². The van der Waals surface area contributed by atoms with E-state index in [1.165, 1.54) is 36.3 Å². The minimum atomic E-state index is 0.329. The van der Waals surface area contributed by atoms with Gasteiger partial charge in [0.25, 0.3) is 0 Å². The fourth-order valence-electron chi connectivity index (χ4n) is 3.28. The highest BCUT2D eigenvalue weighted by molar-refractivity contribution is 5.49. The third kappa shape index (κ3) is 2.73. The largest absolute Gasteiger partial charge is 0.396 e. The minimum Gasteiger partial charge on any atom is -0.396 e. The molecule has 1 saturated heterocycles. The van der Waals surface area contributed by atoms with Gasteiger partial charge in [-0.1, -0.05) is 6.42 Å². The Bertz CT molecular complexity index is 427. The van der Waals surface area contributed by atoms with Crippen LogP contribution in [0, 0.1) is 5.92 Å². The monoisotopic (exact) mass is 261 g/mol. The van der Waals surface area contributed by atoms with E-state index < -0.39 is 0 Å². The van der Waals surface area contributed by atoms with E-state index in [4.69, 9.17) is 0 Å². The molecule has 0 bridgehead atoms. The van der Waals surface area contributed by atoms with Crippen molar-refractivity contribution < 1.29 is 5.11 Å². The molecule has 0 atom stereocenters. The fraction of sp³-hybridized carbons (Fsp3) is 0.733. The number of piperidine rings is 1. The molecular formula is C15H23N3O. The van der Waals surface area contributed by atoms with Gasteiger partial charge in [-0.2, -0.15) is 0 Å². The fourth-order valence-corrected chi connectivity index (χ4v) is 3.28. The SMILES string of the molecule is OCC1CCN(c2ncnc3c2CCCCC3)CC1. The van der Waals surface area contributed by atoms with E-state index in [1.807, 2.05) is 0 Å². The highest BCUT2D eigenvalue weighted by Gasteiger charge is 2.23. The second-order valence-corrected chi connectivity index (χ2v) is 5.80. The van der Waals surface area contributed by atoms with Crippen LogP contribution in [0.15, 0.2) is 6.33 Å². The second-order valence-electron chi connectivity index (χ2n) is 5.80. The summed E-state index contributed by atoms with van der Waals surface area (Å²) in [5, 5.41) is 9.23. The predicted molar refractivity (Wildman–Crippen MR) is 75.3 cm³/mol. The van der Waals surface area contributed by atoms with Crippen molar-refractivity contribution in [3.8, 4) is 0 Å². The Labute approximate surface area is 114 Å². The Kier molecular flexibility index (Phi) is 3.97. The molecule has 1 N–H and O–H groups in total. The van der Waals surface area contributed by atoms with E-state index >= 15 is 0 Å². The molecule has 0 radical (unpaired) electrons. The summed E-state index contributed by atoms with van der Waals surface area (Å²) in [4.78, 5) is 11.4. The molecule has 4 nitrogen and oxygen atoms in total. The second kappa shape index (κ2) is 5.87. The van der Waals surface area contributed by atoms with Gasteiger partial charge in [-0.3, -0.25) is 0 Å². The first-order chi connectivity index (χ1) is 9.38. The molecule has 0 amide bonds. The van der Waals surface area contributed by atoms with Gasteiger partial charge >= 0.3 is 0 Å². The lowest BCUT2D eigenvalue weighted by Gasteiger charge is -2.33. The van der Waals surface area contributed by atoms with Crippen LogP contribution >= 0.6 is 0 Å². The quantitative estimate of drug-likeness (QED) is 0.827. The number of aliphatic hydroxyl groups excluding tert-OH is 1. The van der Waals surface area contributed by atoms with Crippen LogP contribution in [0.5, 0.6) is 0 Å². The summed E-state index contributed by atoms with van der Waals surface area (Å²) >= 11 is 0. The maximum Gasteiger partial charge on any atom is 0.135 e. The molecule has 2 heterocycles. The molecule has 104 valence electrons. The maximum absolute atomic E-state index is 9.23. The van der Waals surface area contributed by atoms with Crippen LogP contribution in [-0.4, -0.2) is 34.8 Å². The molecule has 2 aliphatic rings.